The van der Waals surface area contributed by atoms with Gasteiger partial charge in [0.05, 0.1) is 17.0 Å². The van der Waals surface area contributed by atoms with Crippen LogP contribution in [0.25, 0.3) is 21.7 Å². The normalized spacial score (nSPS) is 10.4. The van der Waals surface area contributed by atoms with Gasteiger partial charge in [-0.3, -0.25) is 4.79 Å². The minimum absolute atomic E-state index is 0.151. The lowest BCUT2D eigenvalue weighted by Gasteiger charge is -2.11. The molecule has 5 heteroatoms. The number of Topliss-reactive ketones (excluding diaryl/α,β-unsaturated/α-hetero) is 1. The number of pyridine rings is 1. The van der Waals surface area contributed by atoms with Crippen LogP contribution >= 0.6 is 23.1 Å². The predicted octanol–water partition coefficient (Wildman–Crippen LogP) is 5.42. The molecule has 0 amide bonds. The fraction of sp³-hybridized carbons (Fsp3) is 0.150. The molecule has 0 atom stereocenters. The summed E-state index contributed by atoms with van der Waals surface area (Å²) in [6.45, 7) is 1.85. The molecule has 0 bridgehead atoms. The number of hydrogen-bond donors (Lipinski definition) is 0. The third-order valence-electron chi connectivity index (χ3n) is 3.72. The minimum atomic E-state index is 0.151. The van der Waals surface area contributed by atoms with E-state index in [0.717, 1.165) is 21.7 Å². The van der Waals surface area contributed by atoms with Crippen LogP contribution in [0.15, 0.2) is 58.9 Å². The first-order valence-electron chi connectivity index (χ1n) is 7.92. The number of hydrogen-bond acceptors (Lipinski definition) is 5. The van der Waals surface area contributed by atoms with Gasteiger partial charge >= 0.3 is 0 Å². The van der Waals surface area contributed by atoms with Crippen molar-refractivity contribution < 1.29 is 4.79 Å². The minimum Gasteiger partial charge on any atom is -0.299 e. The van der Waals surface area contributed by atoms with Crippen LogP contribution < -0.4 is 0 Å². The molecule has 0 aliphatic heterocycles. The van der Waals surface area contributed by atoms with Crippen molar-refractivity contribution >= 4 is 28.9 Å². The van der Waals surface area contributed by atoms with Crippen LogP contribution in [-0.2, 0) is 4.79 Å². The van der Waals surface area contributed by atoms with Crippen molar-refractivity contribution in [2.24, 2.45) is 0 Å². The van der Waals surface area contributed by atoms with Crippen LogP contribution in [0.2, 0.25) is 0 Å². The quantitative estimate of drug-likeness (QED) is 0.548. The van der Waals surface area contributed by atoms with E-state index in [0.29, 0.717) is 22.8 Å². The van der Waals surface area contributed by atoms with E-state index in [-0.39, 0.29) is 5.78 Å². The maximum atomic E-state index is 11.7. The van der Waals surface area contributed by atoms with Crippen molar-refractivity contribution in [3.63, 3.8) is 0 Å². The van der Waals surface area contributed by atoms with Crippen molar-refractivity contribution in [1.82, 2.24) is 4.98 Å². The number of nitriles is 1. The van der Waals surface area contributed by atoms with E-state index in [9.17, 15) is 10.1 Å². The smallest absolute Gasteiger partial charge is 0.142 e. The maximum Gasteiger partial charge on any atom is 0.142 e. The summed E-state index contributed by atoms with van der Waals surface area (Å²) < 4.78 is 0. The number of ketones is 1. The molecule has 3 aromatic rings. The molecular weight excluding hydrogens is 348 g/mol. The van der Waals surface area contributed by atoms with Gasteiger partial charge in [0.2, 0.25) is 0 Å². The Bertz CT molecular complexity index is 913. The summed E-state index contributed by atoms with van der Waals surface area (Å²) in [6, 6.07) is 18.1. The van der Waals surface area contributed by atoms with Crippen molar-refractivity contribution in [1.29, 1.82) is 5.26 Å². The van der Waals surface area contributed by atoms with Crippen LogP contribution in [0, 0.1) is 11.3 Å². The van der Waals surface area contributed by atoms with Crippen LogP contribution in [0.4, 0.5) is 0 Å². The zero-order valence-corrected chi connectivity index (χ0v) is 15.4. The van der Waals surface area contributed by atoms with Gasteiger partial charge in [-0.25, -0.2) is 4.98 Å². The number of aromatic nitrogens is 1. The Kier molecular flexibility index (Phi) is 5.64. The van der Waals surface area contributed by atoms with Crippen LogP contribution in [0.5, 0.6) is 0 Å². The van der Waals surface area contributed by atoms with Gasteiger partial charge in [0.25, 0.3) is 0 Å². The predicted molar refractivity (Wildman–Crippen MR) is 104 cm³/mol. The summed E-state index contributed by atoms with van der Waals surface area (Å²) in [7, 11) is 0. The average molecular weight is 364 g/mol. The highest BCUT2D eigenvalue weighted by Crippen LogP contribution is 2.36. The van der Waals surface area contributed by atoms with Crippen molar-refractivity contribution in [3.05, 3.63) is 59.5 Å². The van der Waals surface area contributed by atoms with E-state index in [1.807, 2.05) is 60.8 Å². The van der Waals surface area contributed by atoms with Gasteiger partial charge < -0.3 is 0 Å². The van der Waals surface area contributed by atoms with Crippen molar-refractivity contribution in [2.75, 3.05) is 5.75 Å². The Morgan fingerprint density at radius 1 is 1.24 bits per heavy atom. The summed E-state index contributed by atoms with van der Waals surface area (Å²) in [6.07, 6.45) is 0.491. The molecule has 0 fully saturated rings. The van der Waals surface area contributed by atoms with Gasteiger partial charge in [0.15, 0.2) is 0 Å². The molecule has 1 aromatic carbocycles. The fourth-order valence-corrected chi connectivity index (χ4v) is 4.08. The summed E-state index contributed by atoms with van der Waals surface area (Å²) >= 11 is 2.94. The van der Waals surface area contributed by atoms with Gasteiger partial charge in [-0.15, -0.1) is 11.3 Å². The lowest BCUT2D eigenvalue weighted by atomic mass is 10.0. The molecule has 25 heavy (non-hydrogen) atoms. The van der Waals surface area contributed by atoms with E-state index in [1.54, 1.807) is 11.3 Å². The van der Waals surface area contributed by atoms with E-state index in [1.165, 1.54) is 11.8 Å². The van der Waals surface area contributed by atoms with Crippen LogP contribution in [0.1, 0.15) is 18.9 Å². The summed E-state index contributed by atoms with van der Waals surface area (Å²) in [5.41, 5.74) is 3.22. The van der Waals surface area contributed by atoms with Gasteiger partial charge in [0, 0.05) is 22.4 Å². The summed E-state index contributed by atoms with van der Waals surface area (Å²) in [5, 5.41) is 12.3. The number of carbonyl (C=O) groups excluding carboxylic acids is 1. The highest BCUT2D eigenvalue weighted by Gasteiger charge is 2.17. The van der Waals surface area contributed by atoms with Gasteiger partial charge in [-0.2, -0.15) is 5.26 Å². The first kappa shape index (κ1) is 17.4. The number of thioether (sulfide) groups is 1. The Hall–Kier alpha value is -2.42. The average Bonchev–Trinajstić information content (AvgIpc) is 3.20. The third kappa shape index (κ3) is 3.98. The molecule has 0 spiro atoms. The van der Waals surface area contributed by atoms with Crippen molar-refractivity contribution in [3.8, 4) is 27.8 Å². The second-order valence-corrected chi connectivity index (χ2v) is 7.28. The molecule has 0 saturated carbocycles. The first-order chi connectivity index (χ1) is 12.2. The second kappa shape index (κ2) is 8.11. The molecule has 0 aliphatic rings. The SMILES string of the molecule is CCC(=O)CSc1nc(-c2ccccc2)cc(-c2cccs2)c1C#N. The molecule has 0 N–H and O–H groups in total. The molecule has 124 valence electrons. The lowest BCUT2D eigenvalue weighted by Crippen LogP contribution is -2.01. The number of nitrogens with zero attached hydrogens (tertiary/aromatic N) is 2. The largest absolute Gasteiger partial charge is 0.299 e. The first-order valence-corrected chi connectivity index (χ1v) is 9.78. The van der Waals surface area contributed by atoms with E-state index < -0.39 is 0 Å². The molecular formula is C20H16N2OS2. The number of rotatable bonds is 6. The highest BCUT2D eigenvalue weighted by molar-refractivity contribution is 8.00. The molecule has 2 heterocycles. The van der Waals surface area contributed by atoms with Gasteiger partial charge in [0.1, 0.15) is 16.9 Å². The second-order valence-electron chi connectivity index (χ2n) is 5.37. The van der Waals surface area contributed by atoms with E-state index in [2.05, 4.69) is 11.1 Å². The molecule has 3 rings (SSSR count). The Morgan fingerprint density at radius 3 is 2.68 bits per heavy atom. The highest BCUT2D eigenvalue weighted by atomic mass is 32.2. The molecule has 2 aromatic heterocycles. The van der Waals surface area contributed by atoms with E-state index in [4.69, 9.17) is 0 Å². The Balaban J connectivity index is 2.13. The summed E-state index contributed by atoms with van der Waals surface area (Å²) in [4.78, 5) is 17.4. The molecule has 0 saturated heterocycles. The van der Waals surface area contributed by atoms with E-state index >= 15 is 0 Å². The molecule has 0 radical (unpaired) electrons. The maximum absolute atomic E-state index is 11.7. The Morgan fingerprint density at radius 2 is 2.04 bits per heavy atom. The zero-order valence-electron chi connectivity index (χ0n) is 13.7. The standard InChI is InChI=1S/C20H16N2OS2/c1-2-15(23)13-25-20-17(12-21)16(19-9-6-10-24-19)11-18(22-20)14-7-4-3-5-8-14/h3-11H,2,13H2,1H3. The lowest BCUT2D eigenvalue weighted by molar-refractivity contribution is -0.116. The third-order valence-corrected chi connectivity index (χ3v) is 5.66. The molecule has 0 unspecified atom stereocenters. The van der Waals surface area contributed by atoms with Crippen molar-refractivity contribution in [2.45, 2.75) is 18.4 Å². The number of benzene rings is 1. The molecule has 0 aliphatic carbocycles. The van der Waals surface area contributed by atoms with Gasteiger partial charge in [-0.1, -0.05) is 55.1 Å². The number of thiophene rings is 1. The number of carbonyl (C=O) groups is 1. The zero-order chi connectivity index (χ0) is 17.6. The molecule has 3 nitrogen and oxygen atoms in total. The van der Waals surface area contributed by atoms with Crippen LogP contribution in [-0.4, -0.2) is 16.5 Å². The topological polar surface area (TPSA) is 53.8 Å². The van der Waals surface area contributed by atoms with Gasteiger partial charge in [-0.05, 0) is 17.5 Å². The monoisotopic (exact) mass is 364 g/mol. The fourth-order valence-electron chi connectivity index (χ4n) is 2.37. The van der Waals surface area contributed by atoms with Crippen LogP contribution in [0.3, 0.4) is 0 Å². The summed E-state index contributed by atoms with van der Waals surface area (Å²) in [5.74, 6) is 0.485. The Labute approximate surface area is 155 Å².